The van der Waals surface area contributed by atoms with Crippen LogP contribution in [0.15, 0.2) is 41.3 Å². The number of amides is 2. The van der Waals surface area contributed by atoms with Crippen molar-refractivity contribution >= 4 is 33.2 Å². The highest BCUT2D eigenvalue weighted by molar-refractivity contribution is 7.89. The van der Waals surface area contributed by atoms with Crippen molar-refractivity contribution < 1.29 is 26.8 Å². The second kappa shape index (κ2) is 8.11. The Labute approximate surface area is 173 Å². The van der Waals surface area contributed by atoms with Crippen LogP contribution in [0.25, 0.3) is 0 Å². The average Bonchev–Trinajstić information content (AvgIpc) is 2.98. The molecule has 0 unspecified atom stereocenters. The number of anilines is 2. The van der Waals surface area contributed by atoms with Gasteiger partial charge >= 0.3 is 0 Å². The molecule has 2 aromatic rings. The maximum absolute atomic E-state index is 13.7. The molecule has 2 aromatic carbocycles. The normalized spacial score (nSPS) is 15.9. The Hall–Kier alpha value is -2.85. The first kappa shape index (κ1) is 21.8. The fourth-order valence-electron chi connectivity index (χ4n) is 3.50. The van der Waals surface area contributed by atoms with Crippen molar-refractivity contribution in [1.82, 2.24) is 4.31 Å². The number of carbonyl (C=O) groups is 2. The summed E-state index contributed by atoms with van der Waals surface area (Å²) in [5, 5.41) is 2.23. The highest BCUT2D eigenvalue weighted by atomic mass is 32.2. The van der Waals surface area contributed by atoms with Gasteiger partial charge in [0.15, 0.2) is 0 Å². The lowest BCUT2D eigenvalue weighted by atomic mass is 10.1. The molecule has 1 heterocycles. The Bertz CT molecular complexity index is 1120. The van der Waals surface area contributed by atoms with E-state index in [1.807, 2.05) is 6.92 Å². The number of nitrogens with zero attached hydrogens (tertiary/aromatic N) is 2. The van der Waals surface area contributed by atoms with Crippen molar-refractivity contribution in [3.63, 3.8) is 0 Å². The molecule has 0 radical (unpaired) electrons. The van der Waals surface area contributed by atoms with Gasteiger partial charge in [-0.25, -0.2) is 17.2 Å². The lowest BCUT2D eigenvalue weighted by molar-refractivity contribution is -0.117. The maximum Gasteiger partial charge on any atom is 0.243 e. The van der Waals surface area contributed by atoms with Crippen LogP contribution in [0.2, 0.25) is 0 Å². The van der Waals surface area contributed by atoms with E-state index in [1.165, 1.54) is 26.1 Å². The second-order valence-corrected chi connectivity index (χ2v) is 9.21. The Morgan fingerprint density at radius 3 is 2.53 bits per heavy atom. The van der Waals surface area contributed by atoms with Crippen LogP contribution >= 0.6 is 0 Å². The predicted octanol–water partition coefficient (Wildman–Crippen LogP) is 2.52. The molecule has 0 spiro atoms. The first-order chi connectivity index (χ1) is 14.0. The number of rotatable bonds is 5. The van der Waals surface area contributed by atoms with Gasteiger partial charge < -0.3 is 10.2 Å². The zero-order chi connectivity index (χ0) is 22.2. The highest BCUT2D eigenvalue weighted by Crippen LogP contribution is 2.34. The van der Waals surface area contributed by atoms with E-state index in [-0.39, 0.29) is 22.5 Å². The first-order valence-corrected chi connectivity index (χ1v) is 10.6. The Morgan fingerprint density at radius 1 is 1.20 bits per heavy atom. The number of benzene rings is 2. The Morgan fingerprint density at radius 2 is 1.90 bits per heavy atom. The summed E-state index contributed by atoms with van der Waals surface area (Å²) < 4.78 is 53.2. The molecular formula is C20H21F2N3O4S. The molecule has 1 atom stereocenters. The lowest BCUT2D eigenvalue weighted by Gasteiger charge is -2.21. The highest BCUT2D eigenvalue weighted by Gasteiger charge is 2.31. The Balaban J connectivity index is 1.76. The summed E-state index contributed by atoms with van der Waals surface area (Å²) >= 11 is 0. The molecule has 0 saturated carbocycles. The van der Waals surface area contributed by atoms with Gasteiger partial charge in [-0.1, -0.05) is 0 Å². The van der Waals surface area contributed by atoms with Gasteiger partial charge in [0.2, 0.25) is 21.8 Å². The van der Waals surface area contributed by atoms with Crippen LogP contribution in [0.4, 0.5) is 20.2 Å². The smallest absolute Gasteiger partial charge is 0.243 e. The zero-order valence-corrected chi connectivity index (χ0v) is 17.5. The number of sulfonamides is 1. The first-order valence-electron chi connectivity index (χ1n) is 9.14. The lowest BCUT2D eigenvalue weighted by Crippen LogP contribution is -2.35. The van der Waals surface area contributed by atoms with Crippen LogP contribution in [0.1, 0.15) is 19.4 Å². The fourth-order valence-corrected chi connectivity index (χ4v) is 4.67. The summed E-state index contributed by atoms with van der Waals surface area (Å²) in [6.07, 6.45) is 0.520. The molecule has 1 aliphatic rings. The van der Waals surface area contributed by atoms with Crippen molar-refractivity contribution in [2.45, 2.75) is 31.2 Å². The van der Waals surface area contributed by atoms with Gasteiger partial charge in [0.25, 0.3) is 0 Å². The van der Waals surface area contributed by atoms with Crippen molar-refractivity contribution in [3.8, 4) is 0 Å². The molecule has 2 amide bonds. The number of fused-ring (bicyclic) bond motifs is 1. The average molecular weight is 437 g/mol. The van der Waals surface area contributed by atoms with E-state index in [0.29, 0.717) is 18.2 Å². The summed E-state index contributed by atoms with van der Waals surface area (Å²) in [6, 6.07) is 7.04. The van der Waals surface area contributed by atoms with Gasteiger partial charge in [0, 0.05) is 31.8 Å². The topological polar surface area (TPSA) is 86.8 Å². The molecule has 30 heavy (non-hydrogen) atoms. The van der Waals surface area contributed by atoms with Crippen LogP contribution < -0.4 is 10.2 Å². The summed E-state index contributed by atoms with van der Waals surface area (Å²) in [5.74, 6) is -2.65. The monoisotopic (exact) mass is 437 g/mol. The summed E-state index contributed by atoms with van der Waals surface area (Å²) in [6.45, 7) is 2.76. The quantitative estimate of drug-likeness (QED) is 0.779. The van der Waals surface area contributed by atoms with Crippen LogP contribution in [0.3, 0.4) is 0 Å². The number of halogens is 2. The van der Waals surface area contributed by atoms with Crippen LogP contribution in [0.5, 0.6) is 0 Å². The van der Waals surface area contributed by atoms with Crippen molar-refractivity contribution in [2.24, 2.45) is 0 Å². The summed E-state index contributed by atoms with van der Waals surface area (Å²) in [4.78, 5) is 25.6. The van der Waals surface area contributed by atoms with E-state index >= 15 is 0 Å². The van der Waals surface area contributed by atoms with E-state index in [0.717, 1.165) is 22.0 Å². The van der Waals surface area contributed by atoms with Gasteiger partial charge in [-0.15, -0.1) is 0 Å². The van der Waals surface area contributed by atoms with E-state index in [1.54, 1.807) is 11.0 Å². The third-order valence-electron chi connectivity index (χ3n) is 4.89. The van der Waals surface area contributed by atoms with E-state index in [9.17, 15) is 26.8 Å². The molecule has 0 fully saturated rings. The molecule has 1 N–H and O–H groups in total. The minimum atomic E-state index is -4.00. The zero-order valence-electron chi connectivity index (χ0n) is 16.6. The minimum absolute atomic E-state index is 0.0119. The molecule has 10 heteroatoms. The summed E-state index contributed by atoms with van der Waals surface area (Å²) in [5.41, 5.74) is 1.15. The van der Waals surface area contributed by atoms with Crippen LogP contribution in [-0.4, -0.2) is 44.2 Å². The third kappa shape index (κ3) is 4.19. The predicted molar refractivity (Wildman–Crippen MR) is 108 cm³/mol. The van der Waals surface area contributed by atoms with Crippen LogP contribution in [-0.2, 0) is 26.0 Å². The molecular weight excluding hydrogens is 416 g/mol. The molecule has 7 nitrogen and oxygen atoms in total. The van der Waals surface area contributed by atoms with E-state index < -0.39 is 34.1 Å². The van der Waals surface area contributed by atoms with Crippen molar-refractivity contribution in [2.75, 3.05) is 23.8 Å². The van der Waals surface area contributed by atoms with Gasteiger partial charge in [-0.05, 0) is 49.2 Å². The molecule has 0 bridgehead atoms. The summed E-state index contributed by atoms with van der Waals surface area (Å²) in [7, 11) is -2.77. The third-order valence-corrected chi connectivity index (χ3v) is 6.68. The molecule has 0 aliphatic carbocycles. The van der Waals surface area contributed by atoms with Crippen LogP contribution in [0, 0.1) is 11.6 Å². The van der Waals surface area contributed by atoms with E-state index in [4.69, 9.17) is 0 Å². The molecule has 1 aliphatic heterocycles. The molecule has 160 valence electrons. The van der Waals surface area contributed by atoms with Gasteiger partial charge in [0.05, 0.1) is 17.1 Å². The number of hydrogen-bond acceptors (Lipinski definition) is 4. The number of likely N-dealkylation sites (N-methyl/N-ethyl adjacent to an activating group) is 1. The van der Waals surface area contributed by atoms with Gasteiger partial charge in [-0.2, -0.15) is 4.31 Å². The number of carbonyl (C=O) groups excluding carboxylic acids is 2. The minimum Gasteiger partial charge on any atom is -0.322 e. The van der Waals surface area contributed by atoms with E-state index in [2.05, 4.69) is 5.32 Å². The van der Waals surface area contributed by atoms with Crippen molar-refractivity contribution in [1.29, 1.82) is 0 Å². The van der Waals surface area contributed by atoms with Gasteiger partial charge in [0.1, 0.15) is 11.6 Å². The maximum atomic E-state index is 13.7. The SMILES string of the molecule is CC(=O)N1c2ccc(S(=O)(=O)N(C)CC(=O)Nc3ccc(F)cc3F)cc2C[C@@H]1C. The molecule has 3 rings (SSSR count). The van der Waals surface area contributed by atoms with Gasteiger partial charge in [-0.3, -0.25) is 9.59 Å². The molecule has 0 saturated heterocycles. The largest absolute Gasteiger partial charge is 0.322 e. The Kier molecular flexibility index (Phi) is 5.91. The second-order valence-electron chi connectivity index (χ2n) is 7.17. The number of nitrogens with one attached hydrogen (secondary N) is 1. The number of hydrogen-bond donors (Lipinski definition) is 1. The molecule has 0 aromatic heterocycles. The fraction of sp³-hybridized carbons (Fsp3) is 0.300. The van der Waals surface area contributed by atoms with Crippen molar-refractivity contribution in [3.05, 3.63) is 53.6 Å². The standard InChI is InChI=1S/C20H21F2N3O4S/c1-12-8-14-9-16(5-7-19(14)25(12)13(2)26)30(28,29)24(3)11-20(27)23-18-6-4-15(21)10-17(18)22/h4-7,9-10,12H,8,11H2,1-3H3,(H,23,27)/t12-/m0/s1.